The molecule has 1 amide bonds. The molecule has 0 saturated heterocycles. The third-order valence-electron chi connectivity index (χ3n) is 4.06. The van der Waals surface area contributed by atoms with Crippen LogP contribution >= 0.6 is 0 Å². The monoisotopic (exact) mass is 346 g/mol. The molecular weight excluding hydrogens is 316 g/mol. The van der Waals surface area contributed by atoms with Crippen molar-refractivity contribution in [2.45, 2.75) is 65.4 Å². The van der Waals surface area contributed by atoms with Crippen LogP contribution in [0.3, 0.4) is 0 Å². The second-order valence-corrected chi connectivity index (χ2v) is 6.25. The normalized spacial score (nSPS) is 12.9. The number of unbranched alkanes of at least 4 members (excludes halogenated alkanes) is 2. The maximum absolute atomic E-state index is 12.7. The molecular formula is C20H30N2O3. The molecule has 0 heterocycles. The molecule has 0 aliphatic heterocycles. The quantitative estimate of drug-likeness (QED) is 0.591. The number of hydrogen-bond acceptors (Lipinski definition) is 4. The summed E-state index contributed by atoms with van der Waals surface area (Å²) < 4.78 is 11.3. The Balaban J connectivity index is 2.86. The van der Waals surface area contributed by atoms with E-state index in [-0.39, 0.29) is 5.91 Å². The van der Waals surface area contributed by atoms with E-state index >= 15 is 0 Å². The summed E-state index contributed by atoms with van der Waals surface area (Å²) in [5, 5.41) is 12.2. The fraction of sp³-hybridized carbons (Fsp3) is 0.600. The van der Waals surface area contributed by atoms with Crippen molar-refractivity contribution in [3.05, 3.63) is 23.8 Å². The maximum atomic E-state index is 12.7. The number of carbonyl (C=O) groups excluding carboxylic acids is 1. The summed E-state index contributed by atoms with van der Waals surface area (Å²) in [6.45, 7) is 8.92. The molecule has 0 spiro atoms. The predicted molar refractivity (Wildman–Crippen MR) is 99.7 cm³/mol. The summed E-state index contributed by atoms with van der Waals surface area (Å²) in [4.78, 5) is 12.7. The molecule has 1 atom stereocenters. The first-order valence-corrected chi connectivity index (χ1v) is 9.13. The van der Waals surface area contributed by atoms with Crippen LogP contribution in [0.1, 0.15) is 65.4 Å². The van der Waals surface area contributed by atoms with Crippen molar-refractivity contribution < 1.29 is 14.3 Å². The number of hydrogen-bond donors (Lipinski definition) is 1. The molecule has 0 aliphatic rings. The van der Waals surface area contributed by atoms with E-state index in [1.165, 1.54) is 0 Å². The van der Waals surface area contributed by atoms with E-state index in [0.717, 1.165) is 25.7 Å². The van der Waals surface area contributed by atoms with Crippen molar-refractivity contribution in [1.82, 2.24) is 0 Å². The molecule has 1 aromatic carbocycles. The number of ether oxygens (including phenoxy) is 2. The number of anilines is 1. The van der Waals surface area contributed by atoms with Gasteiger partial charge in [0.15, 0.2) is 0 Å². The van der Waals surface area contributed by atoms with Gasteiger partial charge >= 0.3 is 0 Å². The summed E-state index contributed by atoms with van der Waals surface area (Å²) in [5.41, 5.74) is 0.126. The number of benzene rings is 1. The van der Waals surface area contributed by atoms with Crippen LogP contribution in [0.4, 0.5) is 5.69 Å². The highest BCUT2D eigenvalue weighted by Gasteiger charge is 2.33. The van der Waals surface area contributed by atoms with Gasteiger partial charge < -0.3 is 14.8 Å². The van der Waals surface area contributed by atoms with Crippen molar-refractivity contribution in [2.75, 3.05) is 18.5 Å². The minimum absolute atomic E-state index is 0.189. The topological polar surface area (TPSA) is 71.3 Å². The zero-order valence-electron chi connectivity index (χ0n) is 15.9. The van der Waals surface area contributed by atoms with E-state index < -0.39 is 5.60 Å². The molecule has 0 aromatic heterocycles. The first-order valence-electron chi connectivity index (χ1n) is 9.13. The van der Waals surface area contributed by atoms with Gasteiger partial charge in [-0.1, -0.05) is 33.1 Å². The van der Waals surface area contributed by atoms with Crippen LogP contribution in [0.15, 0.2) is 18.2 Å². The van der Waals surface area contributed by atoms with E-state index in [0.29, 0.717) is 36.6 Å². The Labute approximate surface area is 151 Å². The Morgan fingerprint density at radius 3 is 2.56 bits per heavy atom. The van der Waals surface area contributed by atoms with Crippen molar-refractivity contribution in [3.63, 3.8) is 0 Å². The standard InChI is InChI=1S/C20H30N2O3/c1-5-8-12-20(4,25-7-3)19(23)22-17-10-11-18(16(14-17)15-21)24-13-9-6-2/h10-11,14H,5-9,12-13H2,1-4H3,(H,22,23). The van der Waals surface area contributed by atoms with Gasteiger partial charge in [0.25, 0.3) is 5.91 Å². The molecule has 5 nitrogen and oxygen atoms in total. The molecule has 1 rings (SSSR count). The van der Waals surface area contributed by atoms with Crippen molar-refractivity contribution in [3.8, 4) is 11.8 Å². The lowest BCUT2D eigenvalue weighted by molar-refractivity contribution is -0.139. The molecule has 1 N–H and O–H groups in total. The molecule has 0 fully saturated rings. The lowest BCUT2D eigenvalue weighted by Gasteiger charge is -2.28. The highest BCUT2D eigenvalue weighted by molar-refractivity contribution is 5.97. The Kier molecular flexibility index (Phi) is 9.01. The van der Waals surface area contributed by atoms with Crippen LogP contribution < -0.4 is 10.1 Å². The minimum atomic E-state index is -0.867. The van der Waals surface area contributed by atoms with E-state index in [9.17, 15) is 10.1 Å². The van der Waals surface area contributed by atoms with Crippen LogP contribution in [-0.4, -0.2) is 24.7 Å². The van der Waals surface area contributed by atoms with Crippen molar-refractivity contribution in [2.24, 2.45) is 0 Å². The minimum Gasteiger partial charge on any atom is -0.492 e. The lowest BCUT2D eigenvalue weighted by atomic mass is 9.97. The first kappa shape index (κ1) is 21.0. The Morgan fingerprint density at radius 2 is 1.96 bits per heavy atom. The molecule has 1 aromatic rings. The van der Waals surface area contributed by atoms with Gasteiger partial charge in [-0.05, 0) is 44.9 Å². The first-order chi connectivity index (χ1) is 12.0. The Bertz CT molecular complexity index is 595. The third kappa shape index (κ3) is 6.39. The molecule has 0 bridgehead atoms. The molecule has 0 aliphatic carbocycles. The van der Waals surface area contributed by atoms with Gasteiger partial charge in [0.2, 0.25) is 0 Å². The Hall–Kier alpha value is -2.06. The number of nitrogens with zero attached hydrogens (tertiary/aromatic N) is 1. The summed E-state index contributed by atoms with van der Waals surface area (Å²) in [6.07, 6.45) is 4.54. The summed E-state index contributed by atoms with van der Waals surface area (Å²) in [6, 6.07) is 7.26. The number of amides is 1. The van der Waals surface area contributed by atoms with Gasteiger partial charge in [0.05, 0.1) is 12.2 Å². The van der Waals surface area contributed by atoms with Crippen LogP contribution in [0.25, 0.3) is 0 Å². The second-order valence-electron chi connectivity index (χ2n) is 6.25. The zero-order chi connectivity index (χ0) is 18.7. The van der Waals surface area contributed by atoms with Crippen molar-refractivity contribution >= 4 is 11.6 Å². The van der Waals surface area contributed by atoms with Gasteiger partial charge in [0.1, 0.15) is 17.4 Å². The fourth-order valence-corrected chi connectivity index (χ4v) is 2.49. The highest BCUT2D eigenvalue weighted by Crippen LogP contribution is 2.25. The van der Waals surface area contributed by atoms with Crippen molar-refractivity contribution in [1.29, 1.82) is 5.26 Å². The molecule has 0 radical (unpaired) electrons. The largest absolute Gasteiger partial charge is 0.492 e. The molecule has 138 valence electrons. The van der Waals surface area contributed by atoms with Gasteiger partial charge in [-0.3, -0.25) is 4.79 Å². The average molecular weight is 346 g/mol. The van der Waals surface area contributed by atoms with Gasteiger partial charge in [-0.15, -0.1) is 0 Å². The van der Waals surface area contributed by atoms with E-state index in [2.05, 4.69) is 25.2 Å². The second kappa shape index (κ2) is 10.7. The average Bonchev–Trinajstić information content (AvgIpc) is 2.61. The zero-order valence-corrected chi connectivity index (χ0v) is 15.9. The fourth-order valence-electron chi connectivity index (χ4n) is 2.49. The number of nitrogens with one attached hydrogen (secondary N) is 1. The van der Waals surface area contributed by atoms with E-state index in [1.807, 2.05) is 13.8 Å². The van der Waals surface area contributed by atoms with Gasteiger partial charge in [0, 0.05) is 12.3 Å². The predicted octanol–water partition coefficient (Wildman–Crippen LogP) is 4.66. The van der Waals surface area contributed by atoms with E-state index in [4.69, 9.17) is 9.47 Å². The van der Waals surface area contributed by atoms with E-state index in [1.54, 1.807) is 18.2 Å². The maximum Gasteiger partial charge on any atom is 0.256 e. The summed E-state index contributed by atoms with van der Waals surface area (Å²) in [5.74, 6) is 0.360. The number of carbonyl (C=O) groups is 1. The van der Waals surface area contributed by atoms with Crippen LogP contribution in [0.2, 0.25) is 0 Å². The summed E-state index contributed by atoms with van der Waals surface area (Å²) >= 11 is 0. The molecule has 25 heavy (non-hydrogen) atoms. The highest BCUT2D eigenvalue weighted by atomic mass is 16.5. The SMILES string of the molecule is CCCCOc1ccc(NC(=O)C(C)(CCCC)OCC)cc1C#N. The lowest BCUT2D eigenvalue weighted by Crippen LogP contribution is -2.42. The molecule has 0 saturated carbocycles. The Morgan fingerprint density at radius 1 is 1.24 bits per heavy atom. The van der Waals surface area contributed by atoms with Gasteiger partial charge in [-0.2, -0.15) is 5.26 Å². The van der Waals surface area contributed by atoms with Crippen LogP contribution in [0, 0.1) is 11.3 Å². The number of nitriles is 1. The molecule has 1 unspecified atom stereocenters. The van der Waals surface area contributed by atoms with Gasteiger partial charge in [-0.25, -0.2) is 0 Å². The van der Waals surface area contributed by atoms with Crippen LogP contribution in [-0.2, 0) is 9.53 Å². The van der Waals surface area contributed by atoms with Crippen LogP contribution in [0.5, 0.6) is 5.75 Å². The smallest absolute Gasteiger partial charge is 0.256 e. The summed E-state index contributed by atoms with van der Waals surface area (Å²) in [7, 11) is 0. The third-order valence-corrected chi connectivity index (χ3v) is 4.06. The molecule has 5 heteroatoms. The number of rotatable bonds is 11.